The Hall–Kier alpha value is -0.880. The molecule has 0 fully saturated rings. The fourth-order valence-corrected chi connectivity index (χ4v) is 3.03. The third-order valence-corrected chi connectivity index (χ3v) is 4.01. The molecule has 0 aromatic carbocycles. The Labute approximate surface area is 107 Å². The van der Waals surface area contributed by atoms with Crippen LogP contribution in [-0.2, 0) is 6.18 Å². The summed E-state index contributed by atoms with van der Waals surface area (Å²) in [5, 5.41) is 8.89. The lowest BCUT2D eigenvalue weighted by Gasteiger charge is -2.32. The van der Waals surface area contributed by atoms with Crippen LogP contribution in [-0.4, -0.2) is 16.2 Å². The first-order chi connectivity index (χ1) is 8.17. The van der Waals surface area contributed by atoms with Crippen LogP contribution in [0.4, 0.5) is 13.2 Å². The van der Waals surface area contributed by atoms with E-state index in [0.717, 1.165) is 5.57 Å². The number of aromatic nitrogens is 1. The van der Waals surface area contributed by atoms with Crippen LogP contribution in [0.15, 0.2) is 12.3 Å². The third-order valence-electron chi connectivity index (χ3n) is 2.89. The number of halogens is 3. The van der Waals surface area contributed by atoms with E-state index in [0.29, 0.717) is 29.1 Å². The Bertz CT molecular complexity index is 476. The van der Waals surface area contributed by atoms with Crippen LogP contribution in [0.2, 0.25) is 0 Å². The molecule has 1 heterocycles. The van der Waals surface area contributed by atoms with Crippen molar-refractivity contribution in [3.8, 4) is 0 Å². The van der Waals surface area contributed by atoms with E-state index in [1.165, 1.54) is 6.20 Å². The van der Waals surface area contributed by atoms with E-state index >= 15 is 0 Å². The first kappa shape index (κ1) is 13.5. The highest BCUT2D eigenvalue weighted by atomic mass is 32.1. The van der Waals surface area contributed by atoms with Gasteiger partial charge < -0.3 is 5.11 Å². The molecule has 0 bridgehead atoms. The van der Waals surface area contributed by atoms with Gasteiger partial charge in [0.2, 0.25) is 0 Å². The smallest absolute Gasteiger partial charge is 0.389 e. The Morgan fingerprint density at radius 2 is 2.11 bits per heavy atom. The molecule has 1 aliphatic rings. The second kappa shape index (κ2) is 4.35. The normalized spacial score (nSPS) is 23.9. The predicted octanol–water partition coefficient (Wildman–Crippen LogP) is 3.73. The summed E-state index contributed by atoms with van der Waals surface area (Å²) >= 11 is 0.634. The largest absolute Gasteiger partial charge is 0.443 e. The zero-order valence-corrected chi connectivity index (χ0v) is 10.9. The molecule has 0 saturated carbocycles. The molecule has 1 atom stereocenters. The molecule has 0 spiro atoms. The van der Waals surface area contributed by atoms with Gasteiger partial charge in [0, 0.05) is 6.20 Å². The van der Waals surface area contributed by atoms with E-state index < -0.39 is 17.3 Å². The Kier molecular flexibility index (Phi) is 3.27. The number of hydrogen-bond acceptors (Lipinski definition) is 3. The number of nitrogens with zero attached hydrogens (tertiary/aromatic N) is 1. The molecule has 1 N–H and O–H groups in total. The van der Waals surface area contributed by atoms with Crippen molar-refractivity contribution >= 4 is 16.9 Å². The molecular weight excluding hydrogens is 263 g/mol. The van der Waals surface area contributed by atoms with Crippen LogP contribution in [0.1, 0.15) is 36.6 Å². The van der Waals surface area contributed by atoms with Gasteiger partial charge in [-0.05, 0) is 23.8 Å². The molecule has 100 valence electrons. The van der Waals surface area contributed by atoms with Gasteiger partial charge in [-0.15, -0.1) is 11.3 Å². The van der Waals surface area contributed by atoms with E-state index in [1.807, 2.05) is 13.8 Å². The van der Waals surface area contributed by atoms with E-state index in [1.54, 1.807) is 6.08 Å². The molecule has 18 heavy (non-hydrogen) atoms. The Balaban J connectivity index is 2.29. The van der Waals surface area contributed by atoms with Crippen LogP contribution < -0.4 is 0 Å². The zero-order valence-electron chi connectivity index (χ0n) is 10.1. The van der Waals surface area contributed by atoms with Crippen LogP contribution >= 0.6 is 11.3 Å². The van der Waals surface area contributed by atoms with Gasteiger partial charge in [0.05, 0.1) is 11.0 Å². The highest BCUT2D eigenvalue weighted by Gasteiger charge is 2.36. The standard InChI is InChI=1S/C12H14F3NOS/c1-11(2)4-7(3-8(17)5-11)9-6-16-10(18-9)12(13,14)15/h3,6,8,17H,4-5H2,1-2H3. The van der Waals surface area contributed by atoms with Crippen LogP contribution in [0, 0.1) is 5.41 Å². The number of thiazole rings is 1. The SMILES string of the molecule is CC1(C)CC(c2cnc(C(F)(F)F)s2)=CC(O)C1. The lowest BCUT2D eigenvalue weighted by atomic mass is 9.76. The molecule has 0 radical (unpaired) electrons. The number of aliphatic hydroxyl groups is 1. The summed E-state index contributed by atoms with van der Waals surface area (Å²) in [6, 6.07) is 0. The van der Waals surface area contributed by atoms with E-state index in [-0.39, 0.29) is 5.41 Å². The summed E-state index contributed by atoms with van der Waals surface area (Å²) in [6.07, 6.45) is -0.830. The molecule has 0 saturated heterocycles. The number of hydrogen-bond donors (Lipinski definition) is 1. The van der Waals surface area contributed by atoms with Crippen molar-refractivity contribution in [3.63, 3.8) is 0 Å². The summed E-state index contributed by atoms with van der Waals surface area (Å²) in [6.45, 7) is 3.99. The maximum Gasteiger partial charge on any atom is 0.443 e. The van der Waals surface area contributed by atoms with Crippen molar-refractivity contribution in [1.29, 1.82) is 0 Å². The molecule has 0 amide bonds. The van der Waals surface area contributed by atoms with Crippen LogP contribution in [0.3, 0.4) is 0 Å². The van der Waals surface area contributed by atoms with E-state index in [9.17, 15) is 18.3 Å². The van der Waals surface area contributed by atoms with Gasteiger partial charge in [-0.1, -0.05) is 19.9 Å². The molecule has 6 heteroatoms. The lowest BCUT2D eigenvalue weighted by molar-refractivity contribution is -0.137. The molecule has 0 aliphatic heterocycles. The van der Waals surface area contributed by atoms with Gasteiger partial charge in [0.25, 0.3) is 0 Å². The predicted molar refractivity (Wildman–Crippen MR) is 64.1 cm³/mol. The average Bonchev–Trinajstić information content (AvgIpc) is 2.61. The maximum absolute atomic E-state index is 12.5. The van der Waals surface area contributed by atoms with E-state index in [4.69, 9.17) is 0 Å². The summed E-state index contributed by atoms with van der Waals surface area (Å²) in [7, 11) is 0. The summed E-state index contributed by atoms with van der Waals surface area (Å²) in [4.78, 5) is 3.90. The Morgan fingerprint density at radius 1 is 1.44 bits per heavy atom. The zero-order chi connectivity index (χ0) is 13.6. The van der Waals surface area contributed by atoms with E-state index in [2.05, 4.69) is 4.98 Å². The minimum absolute atomic E-state index is 0.105. The summed E-state index contributed by atoms with van der Waals surface area (Å²) < 4.78 is 37.4. The molecule has 1 unspecified atom stereocenters. The van der Waals surface area contributed by atoms with Gasteiger partial charge in [-0.3, -0.25) is 0 Å². The van der Waals surface area contributed by atoms with Crippen LogP contribution in [0.25, 0.3) is 5.57 Å². The fourth-order valence-electron chi connectivity index (χ4n) is 2.23. The van der Waals surface area contributed by atoms with Gasteiger partial charge >= 0.3 is 6.18 Å². The van der Waals surface area contributed by atoms with Gasteiger partial charge in [0.15, 0.2) is 5.01 Å². The lowest BCUT2D eigenvalue weighted by Crippen LogP contribution is -2.24. The highest BCUT2D eigenvalue weighted by molar-refractivity contribution is 7.12. The molecule has 1 aromatic heterocycles. The minimum atomic E-state index is -4.40. The quantitative estimate of drug-likeness (QED) is 0.848. The monoisotopic (exact) mass is 277 g/mol. The maximum atomic E-state index is 12.5. The number of rotatable bonds is 1. The second-order valence-corrected chi connectivity index (χ2v) is 6.36. The van der Waals surface area contributed by atoms with Crippen molar-refractivity contribution in [2.24, 2.45) is 5.41 Å². The van der Waals surface area contributed by atoms with Gasteiger partial charge in [0.1, 0.15) is 0 Å². The average molecular weight is 277 g/mol. The summed E-state index contributed by atoms with van der Waals surface area (Å²) in [5.74, 6) is 0. The fraction of sp³-hybridized carbons (Fsp3) is 0.583. The molecule has 1 aliphatic carbocycles. The van der Waals surface area contributed by atoms with Gasteiger partial charge in [-0.2, -0.15) is 13.2 Å². The summed E-state index contributed by atoms with van der Waals surface area (Å²) in [5.41, 5.74) is 0.651. The first-order valence-electron chi connectivity index (χ1n) is 5.59. The van der Waals surface area contributed by atoms with Crippen molar-refractivity contribution in [1.82, 2.24) is 4.98 Å². The molecular formula is C12H14F3NOS. The van der Waals surface area contributed by atoms with Crippen molar-refractivity contribution in [3.05, 3.63) is 22.2 Å². The highest BCUT2D eigenvalue weighted by Crippen LogP contribution is 2.42. The number of alkyl halides is 3. The van der Waals surface area contributed by atoms with Gasteiger partial charge in [-0.25, -0.2) is 4.98 Å². The minimum Gasteiger partial charge on any atom is -0.389 e. The topological polar surface area (TPSA) is 33.1 Å². The van der Waals surface area contributed by atoms with Crippen LogP contribution in [0.5, 0.6) is 0 Å². The van der Waals surface area contributed by atoms with Crippen molar-refractivity contribution in [2.45, 2.75) is 39.0 Å². The molecule has 2 rings (SSSR count). The molecule has 1 aromatic rings. The first-order valence-corrected chi connectivity index (χ1v) is 6.41. The second-order valence-electron chi connectivity index (χ2n) is 5.33. The Morgan fingerprint density at radius 3 is 2.61 bits per heavy atom. The molecule has 2 nitrogen and oxygen atoms in total. The van der Waals surface area contributed by atoms with Crippen molar-refractivity contribution < 1.29 is 18.3 Å². The number of aliphatic hydroxyl groups excluding tert-OH is 1. The van der Waals surface area contributed by atoms with Crippen molar-refractivity contribution in [2.75, 3.05) is 0 Å². The third kappa shape index (κ3) is 2.92. The number of allylic oxidation sites excluding steroid dienone is 1.